The average molecular weight is 290 g/mol. The van der Waals surface area contributed by atoms with Crippen LogP contribution in [0, 0.1) is 0 Å². The Morgan fingerprint density at radius 3 is 2.63 bits per heavy atom. The second-order valence-corrected chi connectivity index (χ2v) is 4.57. The zero-order chi connectivity index (χ0) is 14.3. The molecule has 0 saturated heterocycles. The summed E-state index contributed by atoms with van der Waals surface area (Å²) in [5.74, 6) is 0. The normalized spacial score (nSPS) is 11.2. The van der Waals surface area contributed by atoms with Gasteiger partial charge in [-0.15, -0.1) is 0 Å². The molecule has 0 aliphatic rings. The van der Waals surface area contributed by atoms with Gasteiger partial charge in [0.25, 0.3) is 0 Å². The molecule has 0 spiro atoms. The van der Waals surface area contributed by atoms with Crippen molar-refractivity contribution < 1.29 is 13.2 Å². The van der Waals surface area contributed by atoms with Crippen LogP contribution in [0.1, 0.15) is 31.7 Å². The first-order chi connectivity index (χ1) is 8.93. The molecule has 0 aliphatic heterocycles. The average Bonchev–Trinajstić information content (AvgIpc) is 2.34. The van der Waals surface area contributed by atoms with E-state index in [0.29, 0.717) is 10.8 Å². The van der Waals surface area contributed by atoms with E-state index in [1.54, 1.807) is 6.07 Å². The van der Waals surface area contributed by atoms with Gasteiger partial charge in [-0.05, 0) is 36.8 Å². The fourth-order valence-corrected chi connectivity index (χ4v) is 1.75. The van der Waals surface area contributed by atoms with Crippen molar-refractivity contribution in [1.29, 1.82) is 0 Å². The zero-order valence-electron chi connectivity index (χ0n) is 10.7. The highest BCUT2D eigenvalue weighted by Crippen LogP contribution is 2.30. The fraction of sp³-hybridized carbons (Fsp3) is 0.462. The van der Waals surface area contributed by atoms with Crippen LogP contribution in [-0.4, -0.2) is 11.7 Å². The second-order valence-electron chi connectivity index (χ2n) is 4.17. The standard InChI is InChI=1S/C13H17F3N2S/c1-2-3-4-8-17-12(19)18-11-7-5-6-10(9-11)13(14,15)16/h5-7,9H,2-4,8H2,1H3,(H2,17,18,19). The van der Waals surface area contributed by atoms with Crippen molar-refractivity contribution in [2.24, 2.45) is 0 Å². The van der Waals surface area contributed by atoms with E-state index < -0.39 is 11.7 Å². The third-order valence-electron chi connectivity index (χ3n) is 2.51. The number of hydrogen-bond donors (Lipinski definition) is 2. The molecule has 0 amide bonds. The number of thiocarbonyl (C=S) groups is 1. The van der Waals surface area contributed by atoms with Crippen molar-refractivity contribution in [2.75, 3.05) is 11.9 Å². The first-order valence-corrected chi connectivity index (χ1v) is 6.56. The number of anilines is 1. The van der Waals surface area contributed by atoms with Crippen molar-refractivity contribution in [2.45, 2.75) is 32.4 Å². The molecule has 0 unspecified atom stereocenters. The van der Waals surface area contributed by atoms with Crippen molar-refractivity contribution in [3.63, 3.8) is 0 Å². The molecule has 1 aromatic rings. The molecule has 0 aromatic heterocycles. The largest absolute Gasteiger partial charge is 0.416 e. The van der Waals surface area contributed by atoms with Gasteiger partial charge < -0.3 is 10.6 Å². The molecule has 0 saturated carbocycles. The summed E-state index contributed by atoms with van der Waals surface area (Å²) in [6.45, 7) is 2.82. The molecule has 0 radical (unpaired) electrons. The minimum atomic E-state index is -4.34. The summed E-state index contributed by atoms with van der Waals surface area (Å²) >= 11 is 5.02. The maximum absolute atomic E-state index is 12.5. The van der Waals surface area contributed by atoms with Gasteiger partial charge in [-0.1, -0.05) is 25.8 Å². The lowest BCUT2D eigenvalue weighted by Gasteiger charge is -2.12. The minimum absolute atomic E-state index is 0.336. The lowest BCUT2D eigenvalue weighted by Crippen LogP contribution is -2.29. The molecular weight excluding hydrogens is 273 g/mol. The second kappa shape index (κ2) is 7.33. The van der Waals surface area contributed by atoms with Gasteiger partial charge in [0.05, 0.1) is 5.56 Å². The summed E-state index contributed by atoms with van der Waals surface area (Å²) in [6.07, 6.45) is -1.15. The predicted molar refractivity (Wildman–Crippen MR) is 75.2 cm³/mol. The summed E-state index contributed by atoms with van der Waals surface area (Å²) in [5.41, 5.74) is -0.353. The molecule has 0 fully saturated rings. The van der Waals surface area contributed by atoms with Gasteiger partial charge in [-0.2, -0.15) is 13.2 Å². The number of alkyl halides is 3. The van der Waals surface area contributed by atoms with Crippen molar-refractivity contribution in [3.05, 3.63) is 29.8 Å². The highest BCUT2D eigenvalue weighted by atomic mass is 32.1. The van der Waals surface area contributed by atoms with Crippen molar-refractivity contribution in [3.8, 4) is 0 Å². The van der Waals surface area contributed by atoms with Crippen LogP contribution in [-0.2, 0) is 6.18 Å². The fourth-order valence-electron chi connectivity index (χ4n) is 1.53. The predicted octanol–water partition coefficient (Wildman–Crippen LogP) is 4.18. The maximum Gasteiger partial charge on any atom is 0.416 e. The number of rotatable bonds is 5. The third kappa shape index (κ3) is 5.92. The summed E-state index contributed by atoms with van der Waals surface area (Å²) < 4.78 is 37.5. The molecule has 0 atom stereocenters. The molecular formula is C13H17F3N2S. The van der Waals surface area contributed by atoms with Crippen molar-refractivity contribution >= 4 is 23.0 Å². The van der Waals surface area contributed by atoms with Crippen LogP contribution in [0.3, 0.4) is 0 Å². The minimum Gasteiger partial charge on any atom is -0.362 e. The van der Waals surface area contributed by atoms with Gasteiger partial charge in [-0.25, -0.2) is 0 Å². The molecule has 1 aromatic carbocycles. The summed E-state index contributed by atoms with van der Waals surface area (Å²) in [5, 5.41) is 6.06. The van der Waals surface area contributed by atoms with Gasteiger partial charge in [0, 0.05) is 12.2 Å². The van der Waals surface area contributed by atoms with Crippen LogP contribution >= 0.6 is 12.2 Å². The zero-order valence-corrected chi connectivity index (χ0v) is 11.5. The van der Waals surface area contributed by atoms with Crippen LogP contribution in [0.25, 0.3) is 0 Å². The van der Waals surface area contributed by atoms with Crippen LogP contribution in [0.2, 0.25) is 0 Å². The molecule has 19 heavy (non-hydrogen) atoms. The van der Waals surface area contributed by atoms with E-state index in [9.17, 15) is 13.2 Å². The molecule has 2 N–H and O–H groups in total. The van der Waals surface area contributed by atoms with Crippen LogP contribution in [0.15, 0.2) is 24.3 Å². The van der Waals surface area contributed by atoms with Crippen LogP contribution in [0.4, 0.5) is 18.9 Å². The smallest absolute Gasteiger partial charge is 0.362 e. The Balaban J connectivity index is 2.50. The molecule has 2 nitrogen and oxygen atoms in total. The Hall–Kier alpha value is -1.30. The van der Waals surface area contributed by atoms with E-state index in [-0.39, 0.29) is 0 Å². The maximum atomic E-state index is 12.5. The molecule has 0 bridgehead atoms. The highest BCUT2D eigenvalue weighted by molar-refractivity contribution is 7.80. The van der Waals surface area contributed by atoms with Gasteiger partial charge in [-0.3, -0.25) is 0 Å². The lowest BCUT2D eigenvalue weighted by molar-refractivity contribution is -0.137. The first kappa shape index (κ1) is 15.8. The van der Waals surface area contributed by atoms with E-state index in [1.807, 2.05) is 0 Å². The summed E-state index contributed by atoms with van der Waals surface area (Å²) in [6, 6.07) is 4.98. The lowest BCUT2D eigenvalue weighted by atomic mass is 10.2. The molecule has 0 heterocycles. The summed E-state index contributed by atoms with van der Waals surface area (Å²) in [4.78, 5) is 0. The Morgan fingerprint density at radius 2 is 2.00 bits per heavy atom. The Labute approximate surface area is 116 Å². The van der Waals surface area contributed by atoms with Crippen LogP contribution in [0.5, 0.6) is 0 Å². The number of unbranched alkanes of at least 4 members (excludes halogenated alkanes) is 2. The number of hydrogen-bond acceptors (Lipinski definition) is 1. The Morgan fingerprint density at radius 1 is 1.26 bits per heavy atom. The monoisotopic (exact) mass is 290 g/mol. The van der Waals surface area contributed by atoms with E-state index in [4.69, 9.17) is 12.2 Å². The quantitative estimate of drug-likeness (QED) is 0.628. The van der Waals surface area contributed by atoms with Crippen LogP contribution < -0.4 is 10.6 Å². The van der Waals surface area contributed by atoms with E-state index in [1.165, 1.54) is 6.07 Å². The molecule has 1 rings (SSSR count). The molecule has 106 valence electrons. The Kier molecular flexibility index (Phi) is 6.08. The summed E-state index contributed by atoms with van der Waals surface area (Å²) in [7, 11) is 0. The van der Waals surface area contributed by atoms with Gasteiger partial charge in [0.15, 0.2) is 5.11 Å². The first-order valence-electron chi connectivity index (χ1n) is 6.15. The van der Waals surface area contributed by atoms with Gasteiger partial charge in [0.2, 0.25) is 0 Å². The SMILES string of the molecule is CCCCCNC(=S)Nc1cccc(C(F)(F)F)c1. The number of benzene rings is 1. The third-order valence-corrected chi connectivity index (χ3v) is 2.76. The van der Waals surface area contributed by atoms with Gasteiger partial charge >= 0.3 is 6.18 Å². The Bertz CT molecular complexity index is 419. The topological polar surface area (TPSA) is 24.1 Å². The van der Waals surface area contributed by atoms with Gasteiger partial charge in [0.1, 0.15) is 0 Å². The van der Waals surface area contributed by atoms with E-state index in [2.05, 4.69) is 17.6 Å². The number of halogens is 3. The highest BCUT2D eigenvalue weighted by Gasteiger charge is 2.30. The molecule has 0 aliphatic carbocycles. The molecule has 6 heteroatoms. The van der Waals surface area contributed by atoms with Crippen molar-refractivity contribution in [1.82, 2.24) is 5.32 Å². The van der Waals surface area contributed by atoms with E-state index >= 15 is 0 Å². The van der Waals surface area contributed by atoms with E-state index in [0.717, 1.165) is 37.9 Å². The number of nitrogens with one attached hydrogen (secondary N) is 2.